The van der Waals surface area contributed by atoms with Gasteiger partial charge in [-0.15, -0.1) is 0 Å². The van der Waals surface area contributed by atoms with Crippen LogP contribution in [0.2, 0.25) is 0 Å². The monoisotopic (exact) mass is 484 g/mol. The Morgan fingerprint density at radius 1 is 0.971 bits per heavy atom. The van der Waals surface area contributed by atoms with Crippen molar-refractivity contribution in [2.45, 2.75) is 88.1 Å². The van der Waals surface area contributed by atoms with Gasteiger partial charge >= 0.3 is 0 Å². The number of carbonyl (C=O) groups excluding carboxylic acids is 1. The molecule has 2 N–H and O–H groups in total. The maximum absolute atomic E-state index is 11.4. The minimum absolute atomic E-state index is 0.124. The van der Waals surface area contributed by atoms with Crippen molar-refractivity contribution in [3.8, 4) is 0 Å². The molecule has 0 radical (unpaired) electrons. The van der Waals surface area contributed by atoms with E-state index in [4.69, 9.17) is 10.2 Å². The molecular weight excluding hydrogens is 436 g/mol. The number of hydrogen-bond acceptors (Lipinski definition) is 4. The zero-order valence-corrected chi connectivity index (χ0v) is 23.5. The molecule has 1 aromatic heterocycles. The summed E-state index contributed by atoms with van der Waals surface area (Å²) in [6.07, 6.45) is 6.25. The summed E-state index contributed by atoms with van der Waals surface area (Å²) in [5, 5.41) is 8.73. The summed E-state index contributed by atoms with van der Waals surface area (Å²) >= 11 is 0. The van der Waals surface area contributed by atoms with E-state index >= 15 is 0 Å². The van der Waals surface area contributed by atoms with Gasteiger partial charge in [-0.2, -0.15) is 0 Å². The average molecular weight is 485 g/mol. The highest BCUT2D eigenvalue weighted by Crippen LogP contribution is 2.26. The quantitative estimate of drug-likeness (QED) is 0.235. The van der Waals surface area contributed by atoms with Gasteiger partial charge in [-0.3, -0.25) is 10.0 Å². The van der Waals surface area contributed by atoms with E-state index in [0.717, 1.165) is 55.0 Å². The predicted molar refractivity (Wildman–Crippen MR) is 146 cm³/mol. The van der Waals surface area contributed by atoms with E-state index in [1.165, 1.54) is 18.9 Å². The van der Waals surface area contributed by atoms with Crippen molar-refractivity contribution in [1.82, 2.24) is 19.9 Å². The van der Waals surface area contributed by atoms with Gasteiger partial charge < -0.3 is 9.47 Å². The highest BCUT2D eigenvalue weighted by molar-refractivity contribution is 5.91. The van der Waals surface area contributed by atoms with Crippen molar-refractivity contribution in [3.63, 3.8) is 0 Å². The van der Waals surface area contributed by atoms with E-state index in [0.29, 0.717) is 10.8 Å². The van der Waals surface area contributed by atoms with Crippen LogP contribution in [0.3, 0.4) is 0 Å². The Morgan fingerprint density at radius 2 is 1.57 bits per heavy atom. The van der Waals surface area contributed by atoms with Crippen LogP contribution in [0.15, 0.2) is 24.3 Å². The van der Waals surface area contributed by atoms with Crippen LogP contribution in [0.5, 0.6) is 0 Å². The Hall–Kier alpha value is -2.18. The molecule has 1 amide bonds. The summed E-state index contributed by atoms with van der Waals surface area (Å²) in [5.74, 6) is 0.558. The lowest BCUT2D eigenvalue weighted by atomic mass is 9.90. The lowest BCUT2D eigenvalue weighted by Crippen LogP contribution is -2.33. The molecule has 0 spiro atoms. The molecule has 0 atom stereocenters. The normalized spacial score (nSPS) is 13.3. The van der Waals surface area contributed by atoms with Gasteiger partial charge in [-0.05, 0) is 65.9 Å². The first-order chi connectivity index (χ1) is 16.1. The van der Waals surface area contributed by atoms with Crippen LogP contribution in [0, 0.1) is 16.2 Å². The van der Waals surface area contributed by atoms with Crippen LogP contribution in [0.4, 0.5) is 0 Å². The fraction of sp³-hybridized carbons (Fsp3) is 0.655. The molecule has 1 heterocycles. The van der Waals surface area contributed by atoms with E-state index in [-0.39, 0.29) is 5.41 Å². The third-order valence-corrected chi connectivity index (χ3v) is 6.07. The number of benzene rings is 1. The fourth-order valence-electron chi connectivity index (χ4n) is 3.93. The van der Waals surface area contributed by atoms with Gasteiger partial charge in [0.05, 0.1) is 11.0 Å². The van der Waals surface area contributed by atoms with Crippen molar-refractivity contribution < 1.29 is 10.0 Å². The minimum Gasteiger partial charge on any atom is -0.327 e. The molecule has 35 heavy (non-hydrogen) atoms. The summed E-state index contributed by atoms with van der Waals surface area (Å²) in [4.78, 5) is 19.0. The topological polar surface area (TPSA) is 70.4 Å². The van der Waals surface area contributed by atoms with E-state index in [1.807, 2.05) is 12.1 Å². The van der Waals surface area contributed by atoms with Crippen LogP contribution in [0.25, 0.3) is 17.1 Å². The zero-order valence-electron chi connectivity index (χ0n) is 23.5. The van der Waals surface area contributed by atoms with Crippen molar-refractivity contribution in [1.29, 1.82) is 0 Å². The Balaban J connectivity index is 2.33. The van der Waals surface area contributed by atoms with Crippen molar-refractivity contribution in [3.05, 3.63) is 35.7 Å². The fourth-order valence-corrected chi connectivity index (χ4v) is 3.93. The molecule has 0 unspecified atom stereocenters. The van der Waals surface area contributed by atoms with Gasteiger partial charge in [-0.25, -0.2) is 10.5 Å². The second kappa shape index (κ2) is 11.7. The first kappa shape index (κ1) is 29.1. The maximum Gasteiger partial charge on any atom is 0.267 e. The molecule has 0 aliphatic carbocycles. The zero-order chi connectivity index (χ0) is 26.4. The van der Waals surface area contributed by atoms with Crippen LogP contribution in [-0.4, -0.2) is 45.2 Å². The van der Waals surface area contributed by atoms with Crippen LogP contribution in [-0.2, 0) is 17.8 Å². The number of carbonyl (C=O) groups is 1. The van der Waals surface area contributed by atoms with Gasteiger partial charge in [-0.1, -0.05) is 68.4 Å². The maximum atomic E-state index is 11.4. The summed E-state index contributed by atoms with van der Waals surface area (Å²) in [6.45, 7) is 24.7. The Bertz CT molecular complexity index is 983. The molecule has 1 aromatic carbocycles. The van der Waals surface area contributed by atoms with Gasteiger partial charge in [0.2, 0.25) is 0 Å². The molecule has 2 rings (SSSR count). The molecular formula is C29H48N4O2. The molecule has 6 nitrogen and oxygen atoms in total. The molecule has 0 saturated carbocycles. The van der Waals surface area contributed by atoms with Gasteiger partial charge in [0.25, 0.3) is 5.91 Å². The lowest BCUT2D eigenvalue weighted by molar-refractivity contribution is -0.124. The Kier molecular flexibility index (Phi) is 9.71. The third-order valence-electron chi connectivity index (χ3n) is 6.07. The molecule has 2 aromatic rings. The molecule has 196 valence electrons. The van der Waals surface area contributed by atoms with Crippen LogP contribution < -0.4 is 5.48 Å². The average Bonchev–Trinajstić information content (AvgIpc) is 3.04. The van der Waals surface area contributed by atoms with Gasteiger partial charge in [0.15, 0.2) is 0 Å². The Morgan fingerprint density at radius 3 is 2.09 bits per heavy atom. The number of aromatic nitrogens is 2. The summed E-state index contributed by atoms with van der Waals surface area (Å²) < 4.78 is 2.38. The third kappa shape index (κ3) is 10.5. The summed E-state index contributed by atoms with van der Waals surface area (Å²) in [5.41, 5.74) is 5.32. The first-order valence-electron chi connectivity index (χ1n) is 12.9. The summed E-state index contributed by atoms with van der Waals surface area (Å²) in [7, 11) is 0. The molecule has 0 bridgehead atoms. The molecule has 0 saturated heterocycles. The van der Waals surface area contributed by atoms with Crippen molar-refractivity contribution in [2.75, 3.05) is 19.6 Å². The number of nitrogens with zero attached hydrogens (tertiary/aromatic N) is 3. The van der Waals surface area contributed by atoms with E-state index in [1.54, 1.807) is 11.6 Å². The standard InChI is InChI=1S/C29H48N4O2/c1-27(2,3)14-16-32(17-15-28(4,5)6)18-19-33-24-12-10-22(11-13-26(34)31-35)20-23(24)30-25(33)21-29(7,8)9/h10-13,20,35H,14-19,21H2,1-9H3,(H,31,34)/b13-11+. The second-order valence-corrected chi connectivity index (χ2v) is 13.4. The second-order valence-electron chi connectivity index (χ2n) is 13.4. The number of hydroxylamine groups is 1. The number of rotatable bonds is 10. The lowest BCUT2D eigenvalue weighted by Gasteiger charge is -2.30. The first-order valence-corrected chi connectivity index (χ1v) is 12.9. The van der Waals surface area contributed by atoms with E-state index in [2.05, 4.69) is 77.8 Å². The van der Waals surface area contributed by atoms with Gasteiger partial charge in [0.1, 0.15) is 5.82 Å². The SMILES string of the molecule is CC(C)(C)CCN(CCn1c(CC(C)(C)C)nc2cc(/C=C/C(=O)NO)ccc21)CCC(C)(C)C. The smallest absolute Gasteiger partial charge is 0.267 e. The van der Waals surface area contributed by atoms with Crippen molar-refractivity contribution in [2.24, 2.45) is 16.2 Å². The predicted octanol–water partition coefficient (Wildman–Crippen LogP) is 6.32. The summed E-state index contributed by atoms with van der Waals surface area (Å²) in [6, 6.07) is 6.11. The largest absolute Gasteiger partial charge is 0.327 e. The highest BCUT2D eigenvalue weighted by Gasteiger charge is 2.21. The van der Waals surface area contributed by atoms with E-state index in [9.17, 15) is 4.79 Å². The van der Waals surface area contributed by atoms with Crippen molar-refractivity contribution >= 4 is 23.0 Å². The van der Waals surface area contributed by atoms with Crippen LogP contribution in [0.1, 0.15) is 86.5 Å². The van der Waals surface area contributed by atoms with Gasteiger partial charge in [0, 0.05) is 25.6 Å². The number of nitrogens with one attached hydrogen (secondary N) is 1. The van der Waals surface area contributed by atoms with Crippen LogP contribution >= 0.6 is 0 Å². The minimum atomic E-state index is -0.547. The molecule has 0 aliphatic heterocycles. The number of imidazole rings is 1. The number of fused-ring (bicyclic) bond motifs is 1. The Labute approximate surface area is 212 Å². The molecule has 0 fully saturated rings. The number of amides is 1. The number of hydrogen-bond donors (Lipinski definition) is 2. The molecule has 0 aliphatic rings. The highest BCUT2D eigenvalue weighted by atomic mass is 16.5. The van der Waals surface area contributed by atoms with E-state index < -0.39 is 5.91 Å². The molecule has 6 heteroatoms.